The Bertz CT molecular complexity index is 635. The Morgan fingerprint density at radius 1 is 1.06 bits per heavy atom. The van der Waals surface area contributed by atoms with Gasteiger partial charge in [0, 0.05) is 0 Å². The molecule has 0 aliphatic rings. The van der Waals surface area contributed by atoms with Crippen LogP contribution in [0, 0.1) is 3.57 Å². The van der Waals surface area contributed by atoms with Gasteiger partial charge in [-0.1, -0.05) is 24.3 Å². The molecule has 2 aromatic carbocycles. The highest BCUT2D eigenvalue weighted by Crippen LogP contribution is 2.27. The summed E-state index contributed by atoms with van der Waals surface area (Å²) in [5.41, 5.74) is -0.145. The van der Waals surface area contributed by atoms with Gasteiger partial charge in [-0.2, -0.15) is 0 Å². The molecular weight excluding hydrogens is 323 g/mol. The van der Waals surface area contributed by atoms with E-state index in [-0.39, 0.29) is 9.13 Å². The smallest absolute Gasteiger partial charge is 0.341 e. The highest BCUT2D eigenvalue weighted by Gasteiger charge is 2.14. The molecule has 2 rings (SSSR count). The standard InChI is InChI=1S/C11H7IO4/c13-11(14)9-5-7-3-1-2-4-8(7)6-10(9)12(15)16/h1-6H,(H,13,14). The van der Waals surface area contributed by atoms with E-state index in [1.807, 2.05) is 0 Å². The molecule has 0 amide bonds. The van der Waals surface area contributed by atoms with Crippen molar-refractivity contribution in [2.75, 3.05) is 0 Å². The summed E-state index contributed by atoms with van der Waals surface area (Å²) in [6.45, 7) is 0. The minimum absolute atomic E-state index is 0.0598. The largest absolute Gasteiger partial charge is 0.478 e. The fraction of sp³-hybridized carbons (Fsp3) is 0. The number of carboxylic acids is 1. The third-order valence-electron chi connectivity index (χ3n) is 2.23. The van der Waals surface area contributed by atoms with Crippen LogP contribution in [0.4, 0.5) is 0 Å². The van der Waals surface area contributed by atoms with Gasteiger partial charge in [0.15, 0.2) is 0 Å². The molecule has 5 heteroatoms. The van der Waals surface area contributed by atoms with Gasteiger partial charge in [-0.25, -0.2) is 10.9 Å². The second kappa shape index (κ2) is 4.17. The Kier molecular flexibility index (Phi) is 2.86. The van der Waals surface area contributed by atoms with Gasteiger partial charge in [0.25, 0.3) is 0 Å². The van der Waals surface area contributed by atoms with Crippen LogP contribution in [0.1, 0.15) is 10.4 Å². The Balaban J connectivity index is 2.86. The summed E-state index contributed by atoms with van der Waals surface area (Å²) in [5, 5.41) is 10.4. The van der Waals surface area contributed by atoms with Crippen LogP contribution in [0.2, 0.25) is 0 Å². The van der Waals surface area contributed by atoms with Gasteiger partial charge in [0.2, 0.25) is 0 Å². The highest BCUT2D eigenvalue weighted by molar-refractivity contribution is 14.2. The van der Waals surface area contributed by atoms with Crippen LogP contribution in [-0.4, -0.2) is 11.1 Å². The molecule has 0 spiro atoms. The monoisotopic (exact) mass is 330 g/mol. The molecule has 0 aliphatic heterocycles. The van der Waals surface area contributed by atoms with Crippen molar-refractivity contribution in [3.05, 3.63) is 45.5 Å². The maximum absolute atomic E-state index is 11.0. The van der Waals surface area contributed by atoms with E-state index in [4.69, 9.17) is 5.11 Å². The van der Waals surface area contributed by atoms with E-state index in [0.717, 1.165) is 10.8 Å². The summed E-state index contributed by atoms with van der Waals surface area (Å²) in [4.78, 5) is 10.9. The van der Waals surface area contributed by atoms with Crippen molar-refractivity contribution in [1.29, 1.82) is 0 Å². The number of aromatic carboxylic acids is 1. The third-order valence-corrected chi connectivity index (χ3v) is 4.07. The molecule has 4 nitrogen and oxygen atoms in total. The number of carbonyl (C=O) groups is 1. The lowest BCUT2D eigenvalue weighted by atomic mass is 10.1. The van der Waals surface area contributed by atoms with Gasteiger partial charge in [-0.3, -0.25) is 0 Å². The predicted octanol–water partition coefficient (Wildman–Crippen LogP) is 2.91. The summed E-state index contributed by atoms with van der Waals surface area (Å²) >= 11 is -3.78. The molecule has 0 atom stereocenters. The average molecular weight is 330 g/mol. The SMILES string of the molecule is O=C(O)c1cc2ccccc2cc1I(=O)=O. The van der Waals surface area contributed by atoms with Crippen molar-refractivity contribution >= 4 is 36.5 Å². The van der Waals surface area contributed by atoms with Crippen molar-refractivity contribution in [3.8, 4) is 0 Å². The molecule has 1 N–H and O–H groups in total. The van der Waals surface area contributed by atoms with Crippen molar-refractivity contribution in [3.63, 3.8) is 0 Å². The number of hydrogen-bond acceptors (Lipinski definition) is 3. The summed E-state index contributed by atoms with van der Waals surface area (Å²) in [7, 11) is 0. The highest BCUT2D eigenvalue weighted by atomic mass is 127. The van der Waals surface area contributed by atoms with Crippen LogP contribution in [0.3, 0.4) is 0 Å². The molecule has 0 aliphatic carbocycles. The lowest BCUT2D eigenvalue weighted by molar-refractivity contribution is 0.0696. The Labute approximate surface area is 98.0 Å². The molecular formula is C11H7IO4. The van der Waals surface area contributed by atoms with E-state index in [1.54, 1.807) is 24.3 Å². The summed E-state index contributed by atoms with van der Waals surface area (Å²) < 4.78 is 22.0. The van der Waals surface area contributed by atoms with Crippen LogP contribution >= 0.6 is 19.8 Å². The Morgan fingerprint density at radius 3 is 2.12 bits per heavy atom. The van der Waals surface area contributed by atoms with Gasteiger partial charge in [0.05, 0.1) is 9.13 Å². The number of carboxylic acid groups (broad SMARTS) is 1. The fourth-order valence-corrected chi connectivity index (χ4v) is 2.95. The van der Waals surface area contributed by atoms with E-state index < -0.39 is 25.8 Å². The van der Waals surface area contributed by atoms with Crippen molar-refractivity contribution in [2.45, 2.75) is 0 Å². The number of benzene rings is 2. The molecule has 82 valence electrons. The van der Waals surface area contributed by atoms with Crippen LogP contribution in [-0.2, 0) is 6.14 Å². The number of halogens is 1. The Hall–Kier alpha value is -1.50. The lowest BCUT2D eigenvalue weighted by Crippen LogP contribution is -2.00. The first-order chi connectivity index (χ1) is 7.59. The van der Waals surface area contributed by atoms with Crippen molar-refractivity contribution in [1.82, 2.24) is 0 Å². The van der Waals surface area contributed by atoms with Crippen LogP contribution < -0.4 is 0 Å². The van der Waals surface area contributed by atoms with Gasteiger partial charge in [-0.05, 0) is 22.9 Å². The van der Waals surface area contributed by atoms with Crippen molar-refractivity contribution < 1.29 is 16.0 Å². The maximum Gasteiger partial charge on any atom is 0.341 e. The average Bonchev–Trinajstić information content (AvgIpc) is 2.27. The predicted molar refractivity (Wildman–Crippen MR) is 65.0 cm³/mol. The topological polar surface area (TPSA) is 71.4 Å². The molecule has 0 saturated heterocycles. The van der Waals surface area contributed by atoms with Crippen LogP contribution in [0.25, 0.3) is 10.8 Å². The maximum atomic E-state index is 11.0. The zero-order valence-electron chi connectivity index (χ0n) is 8.01. The summed E-state index contributed by atoms with van der Waals surface area (Å²) in [5.74, 6) is -1.21. The second-order valence-electron chi connectivity index (χ2n) is 3.20. The molecule has 2 aromatic rings. The molecule has 0 fully saturated rings. The van der Waals surface area contributed by atoms with Gasteiger partial charge in [0.1, 0.15) is 0 Å². The van der Waals surface area contributed by atoms with Crippen molar-refractivity contribution in [2.24, 2.45) is 0 Å². The first-order valence-electron chi connectivity index (χ1n) is 4.41. The zero-order valence-corrected chi connectivity index (χ0v) is 10.2. The third kappa shape index (κ3) is 1.90. The normalized spacial score (nSPS) is 10.8. The first-order valence-corrected chi connectivity index (χ1v) is 7.25. The molecule has 0 heterocycles. The van der Waals surface area contributed by atoms with E-state index in [9.17, 15) is 10.9 Å². The Morgan fingerprint density at radius 2 is 1.62 bits per heavy atom. The second-order valence-corrected chi connectivity index (χ2v) is 5.60. The van der Waals surface area contributed by atoms with Gasteiger partial charge < -0.3 is 5.11 Å². The summed E-state index contributed by atoms with van der Waals surface area (Å²) in [6.07, 6.45) is 0. The zero-order chi connectivity index (χ0) is 11.7. The molecule has 0 radical (unpaired) electrons. The molecule has 0 bridgehead atoms. The quantitative estimate of drug-likeness (QED) is 0.860. The lowest BCUT2D eigenvalue weighted by Gasteiger charge is -2.01. The number of hydrogen-bond donors (Lipinski definition) is 1. The van der Waals surface area contributed by atoms with E-state index in [1.165, 1.54) is 12.1 Å². The molecule has 0 unspecified atom stereocenters. The number of rotatable bonds is 2. The van der Waals surface area contributed by atoms with Crippen LogP contribution in [0.5, 0.6) is 0 Å². The van der Waals surface area contributed by atoms with E-state index in [0.29, 0.717) is 0 Å². The van der Waals surface area contributed by atoms with Gasteiger partial charge >= 0.3 is 25.8 Å². The van der Waals surface area contributed by atoms with E-state index >= 15 is 0 Å². The van der Waals surface area contributed by atoms with E-state index in [2.05, 4.69) is 0 Å². The number of fused-ring (bicyclic) bond motifs is 1. The minimum Gasteiger partial charge on any atom is -0.478 e. The first kappa shape index (κ1) is 11.0. The summed E-state index contributed by atoms with van der Waals surface area (Å²) in [6, 6.07) is 9.87. The van der Waals surface area contributed by atoms with Crippen LogP contribution in [0.15, 0.2) is 36.4 Å². The molecule has 16 heavy (non-hydrogen) atoms. The van der Waals surface area contributed by atoms with Gasteiger partial charge in [-0.15, -0.1) is 0 Å². The minimum atomic E-state index is -3.78. The molecule has 0 saturated carbocycles. The molecule has 0 aromatic heterocycles. The fourth-order valence-electron chi connectivity index (χ4n) is 1.50.